The highest BCUT2D eigenvalue weighted by molar-refractivity contribution is 9.10. The van der Waals surface area contributed by atoms with Crippen LogP contribution in [0.25, 0.3) is 10.8 Å². The van der Waals surface area contributed by atoms with Crippen LogP contribution in [0.3, 0.4) is 0 Å². The lowest BCUT2D eigenvalue weighted by Gasteiger charge is -2.06. The van der Waals surface area contributed by atoms with Crippen LogP contribution in [-0.2, 0) is 6.42 Å². The summed E-state index contributed by atoms with van der Waals surface area (Å²) in [7, 11) is 0. The summed E-state index contributed by atoms with van der Waals surface area (Å²) in [5, 5.41) is 2.13. The summed E-state index contributed by atoms with van der Waals surface area (Å²) in [6.07, 6.45) is 0.424. The van der Waals surface area contributed by atoms with Gasteiger partial charge in [-0.1, -0.05) is 70.5 Å². The first kappa shape index (κ1) is 13.1. The van der Waals surface area contributed by atoms with Crippen molar-refractivity contribution in [1.29, 1.82) is 0 Å². The fourth-order valence-corrected chi connectivity index (χ4v) is 2.84. The molecule has 0 aliphatic rings. The van der Waals surface area contributed by atoms with Crippen molar-refractivity contribution in [2.45, 2.75) is 6.42 Å². The molecular weight excluding hydrogens is 312 g/mol. The highest BCUT2D eigenvalue weighted by atomic mass is 79.9. The van der Waals surface area contributed by atoms with Crippen LogP contribution < -0.4 is 0 Å². The molecule has 0 aliphatic carbocycles. The minimum Gasteiger partial charge on any atom is -0.294 e. The van der Waals surface area contributed by atoms with Crippen LogP contribution in [-0.4, -0.2) is 5.78 Å². The van der Waals surface area contributed by atoms with Crippen LogP contribution in [0.5, 0.6) is 0 Å². The lowest BCUT2D eigenvalue weighted by molar-refractivity contribution is 0.0994. The molecular formula is C18H13BrO. The zero-order chi connectivity index (χ0) is 13.9. The van der Waals surface area contributed by atoms with Gasteiger partial charge in [0.25, 0.3) is 0 Å². The van der Waals surface area contributed by atoms with Crippen molar-refractivity contribution < 1.29 is 4.79 Å². The van der Waals surface area contributed by atoms with E-state index in [-0.39, 0.29) is 5.78 Å². The summed E-state index contributed by atoms with van der Waals surface area (Å²) in [5.41, 5.74) is 1.82. The quantitative estimate of drug-likeness (QED) is 0.618. The van der Waals surface area contributed by atoms with Gasteiger partial charge in [0.05, 0.1) is 0 Å². The highest BCUT2D eigenvalue weighted by Crippen LogP contribution is 2.21. The fraction of sp³-hybridized carbons (Fsp3) is 0.0556. The number of halogens is 1. The topological polar surface area (TPSA) is 17.1 Å². The van der Waals surface area contributed by atoms with Crippen molar-refractivity contribution in [1.82, 2.24) is 0 Å². The monoisotopic (exact) mass is 324 g/mol. The van der Waals surface area contributed by atoms with Gasteiger partial charge in [-0.25, -0.2) is 0 Å². The lowest BCUT2D eigenvalue weighted by Crippen LogP contribution is -2.04. The SMILES string of the molecule is O=C(Cc1cccc(Br)c1)c1cccc2ccccc12. The molecule has 3 aromatic rings. The first-order valence-electron chi connectivity index (χ1n) is 6.49. The van der Waals surface area contributed by atoms with Crippen LogP contribution in [0.4, 0.5) is 0 Å². The number of benzene rings is 3. The van der Waals surface area contributed by atoms with Gasteiger partial charge in [-0.05, 0) is 28.5 Å². The Balaban J connectivity index is 1.97. The first-order chi connectivity index (χ1) is 9.74. The minimum atomic E-state index is 0.153. The van der Waals surface area contributed by atoms with E-state index in [1.54, 1.807) is 0 Å². The summed E-state index contributed by atoms with van der Waals surface area (Å²) in [4.78, 5) is 12.5. The van der Waals surface area contributed by atoms with Crippen LogP contribution in [0, 0.1) is 0 Å². The van der Waals surface area contributed by atoms with Gasteiger partial charge in [-0.3, -0.25) is 4.79 Å². The molecule has 98 valence electrons. The average Bonchev–Trinajstić information content (AvgIpc) is 2.46. The van der Waals surface area contributed by atoms with Gasteiger partial charge in [0.2, 0.25) is 0 Å². The zero-order valence-electron chi connectivity index (χ0n) is 10.8. The molecule has 0 radical (unpaired) electrons. The van der Waals surface area contributed by atoms with E-state index in [4.69, 9.17) is 0 Å². The zero-order valence-corrected chi connectivity index (χ0v) is 12.4. The molecule has 0 heterocycles. The first-order valence-corrected chi connectivity index (χ1v) is 7.29. The number of carbonyl (C=O) groups is 1. The molecule has 0 unspecified atom stereocenters. The second kappa shape index (κ2) is 5.59. The number of ketones is 1. The Kier molecular flexibility index (Phi) is 3.66. The van der Waals surface area contributed by atoms with Crippen LogP contribution in [0.15, 0.2) is 71.2 Å². The van der Waals surface area contributed by atoms with Crippen LogP contribution >= 0.6 is 15.9 Å². The predicted molar refractivity (Wildman–Crippen MR) is 86.1 cm³/mol. The summed E-state index contributed by atoms with van der Waals surface area (Å²) >= 11 is 3.44. The van der Waals surface area contributed by atoms with E-state index in [0.29, 0.717) is 6.42 Å². The van der Waals surface area contributed by atoms with E-state index < -0.39 is 0 Å². The van der Waals surface area contributed by atoms with E-state index in [9.17, 15) is 4.79 Å². The van der Waals surface area contributed by atoms with Crippen molar-refractivity contribution >= 4 is 32.5 Å². The Labute approximate surface area is 126 Å². The molecule has 0 spiro atoms. The summed E-state index contributed by atoms with van der Waals surface area (Å²) in [6, 6.07) is 21.8. The molecule has 0 bridgehead atoms. The number of hydrogen-bond acceptors (Lipinski definition) is 1. The molecule has 3 rings (SSSR count). The molecule has 0 saturated heterocycles. The Hall–Kier alpha value is -1.93. The van der Waals surface area contributed by atoms with Crippen molar-refractivity contribution in [2.75, 3.05) is 0 Å². The molecule has 0 N–H and O–H groups in total. The van der Waals surface area contributed by atoms with Crippen molar-refractivity contribution in [3.8, 4) is 0 Å². The van der Waals surface area contributed by atoms with Gasteiger partial charge in [0.15, 0.2) is 5.78 Å². The van der Waals surface area contributed by atoms with Crippen molar-refractivity contribution in [3.05, 3.63) is 82.3 Å². The largest absolute Gasteiger partial charge is 0.294 e. The van der Waals surface area contributed by atoms with Crippen LogP contribution in [0.1, 0.15) is 15.9 Å². The second-order valence-electron chi connectivity index (χ2n) is 4.76. The Morgan fingerprint density at radius 1 is 0.900 bits per heavy atom. The van der Waals surface area contributed by atoms with E-state index in [0.717, 1.165) is 26.4 Å². The number of carbonyl (C=O) groups excluding carboxylic acids is 1. The Morgan fingerprint density at radius 3 is 2.50 bits per heavy atom. The summed E-state index contributed by atoms with van der Waals surface area (Å²) < 4.78 is 1.00. The minimum absolute atomic E-state index is 0.153. The third-order valence-electron chi connectivity index (χ3n) is 3.34. The lowest BCUT2D eigenvalue weighted by atomic mass is 9.97. The van der Waals surface area contributed by atoms with E-state index in [2.05, 4.69) is 15.9 Å². The summed E-state index contributed by atoms with van der Waals surface area (Å²) in [5.74, 6) is 0.153. The standard InChI is InChI=1S/C18H13BrO/c19-15-8-3-5-13(11-15)12-18(20)17-10-4-7-14-6-1-2-9-16(14)17/h1-11H,12H2. The molecule has 0 saturated carbocycles. The Bertz CT molecular complexity index is 772. The number of rotatable bonds is 3. The number of hydrogen-bond donors (Lipinski definition) is 0. The average molecular weight is 325 g/mol. The molecule has 0 atom stereocenters. The van der Waals surface area contributed by atoms with Crippen molar-refractivity contribution in [2.24, 2.45) is 0 Å². The third kappa shape index (κ3) is 2.66. The van der Waals surface area contributed by atoms with Gasteiger partial charge in [0, 0.05) is 16.5 Å². The smallest absolute Gasteiger partial charge is 0.167 e. The molecule has 20 heavy (non-hydrogen) atoms. The van der Waals surface area contributed by atoms with Crippen molar-refractivity contribution in [3.63, 3.8) is 0 Å². The maximum Gasteiger partial charge on any atom is 0.167 e. The number of fused-ring (bicyclic) bond motifs is 1. The maximum absolute atomic E-state index is 12.5. The van der Waals surface area contributed by atoms with Gasteiger partial charge < -0.3 is 0 Å². The van der Waals surface area contributed by atoms with Crippen LogP contribution in [0.2, 0.25) is 0 Å². The fourth-order valence-electron chi connectivity index (χ4n) is 2.40. The van der Waals surface area contributed by atoms with E-state index in [1.165, 1.54) is 0 Å². The molecule has 2 heteroatoms. The normalized spacial score (nSPS) is 10.7. The van der Waals surface area contributed by atoms with E-state index >= 15 is 0 Å². The van der Waals surface area contributed by atoms with Gasteiger partial charge in [-0.2, -0.15) is 0 Å². The predicted octanol–water partition coefficient (Wildman–Crippen LogP) is 5.03. The molecule has 0 aromatic heterocycles. The second-order valence-corrected chi connectivity index (χ2v) is 5.67. The van der Waals surface area contributed by atoms with Gasteiger partial charge >= 0.3 is 0 Å². The molecule has 1 nitrogen and oxygen atoms in total. The third-order valence-corrected chi connectivity index (χ3v) is 3.84. The Morgan fingerprint density at radius 2 is 1.65 bits per heavy atom. The van der Waals surface area contributed by atoms with Gasteiger partial charge in [-0.15, -0.1) is 0 Å². The van der Waals surface area contributed by atoms with E-state index in [1.807, 2.05) is 66.7 Å². The highest BCUT2D eigenvalue weighted by Gasteiger charge is 2.10. The number of Topliss-reactive ketones (excluding diaryl/α,β-unsaturated/α-hetero) is 1. The molecule has 0 fully saturated rings. The maximum atomic E-state index is 12.5. The van der Waals surface area contributed by atoms with Gasteiger partial charge in [0.1, 0.15) is 0 Å². The summed E-state index contributed by atoms with van der Waals surface area (Å²) in [6.45, 7) is 0. The molecule has 3 aromatic carbocycles. The molecule has 0 amide bonds. The molecule has 0 aliphatic heterocycles.